The molecule has 0 aliphatic rings. The molecule has 82 valence electrons. The van der Waals surface area contributed by atoms with Crippen molar-refractivity contribution < 1.29 is 19.4 Å². The van der Waals surface area contributed by atoms with Gasteiger partial charge in [0, 0.05) is 5.56 Å². The average Bonchev–Trinajstić information content (AvgIpc) is 2.18. The van der Waals surface area contributed by atoms with E-state index in [0.717, 1.165) is 0 Å². The van der Waals surface area contributed by atoms with Crippen LogP contribution in [-0.2, 0) is 4.79 Å². The lowest BCUT2D eigenvalue weighted by atomic mass is 9.93. The lowest BCUT2D eigenvalue weighted by Crippen LogP contribution is -2.21. The zero-order valence-electron chi connectivity index (χ0n) is 8.35. The number of hydrogen-bond acceptors (Lipinski definition) is 2. The predicted molar refractivity (Wildman–Crippen MR) is 52.8 cm³/mol. The van der Waals surface area contributed by atoms with Crippen molar-refractivity contribution in [3.63, 3.8) is 0 Å². The van der Waals surface area contributed by atoms with Crippen molar-refractivity contribution in [2.75, 3.05) is 0 Å². The third-order valence-electron chi connectivity index (χ3n) is 2.36. The second-order valence-corrected chi connectivity index (χ2v) is 3.32. The third-order valence-corrected chi connectivity index (χ3v) is 2.36. The normalized spacial score (nSPS) is 14.6. The van der Waals surface area contributed by atoms with Crippen molar-refractivity contribution in [1.82, 2.24) is 0 Å². The van der Waals surface area contributed by atoms with Gasteiger partial charge in [0.1, 0.15) is 5.82 Å². The molecule has 0 heterocycles. The maximum Gasteiger partial charge on any atom is 0.309 e. The lowest BCUT2D eigenvalue weighted by Gasteiger charge is -2.18. The summed E-state index contributed by atoms with van der Waals surface area (Å²) >= 11 is 0. The zero-order chi connectivity index (χ0) is 11.4. The predicted octanol–water partition coefficient (Wildman–Crippen LogP) is 1.97. The SMILES string of the molecule is CCC(C(=O)O)C(O)c1ccccc1F. The minimum absolute atomic E-state index is 0.0340. The Morgan fingerprint density at radius 2 is 2.07 bits per heavy atom. The van der Waals surface area contributed by atoms with Crippen molar-refractivity contribution in [3.05, 3.63) is 35.6 Å². The number of carboxylic acids is 1. The maximum atomic E-state index is 13.2. The van der Waals surface area contributed by atoms with Crippen molar-refractivity contribution in [3.8, 4) is 0 Å². The van der Waals surface area contributed by atoms with Crippen molar-refractivity contribution in [2.45, 2.75) is 19.4 Å². The number of halogens is 1. The molecule has 15 heavy (non-hydrogen) atoms. The van der Waals surface area contributed by atoms with E-state index in [0.29, 0.717) is 0 Å². The Balaban J connectivity index is 2.97. The van der Waals surface area contributed by atoms with E-state index < -0.39 is 23.8 Å². The molecule has 0 saturated carbocycles. The lowest BCUT2D eigenvalue weighted by molar-refractivity contribution is -0.146. The summed E-state index contributed by atoms with van der Waals surface area (Å²) in [5.41, 5.74) is 0.0340. The van der Waals surface area contributed by atoms with Crippen molar-refractivity contribution >= 4 is 5.97 Å². The van der Waals surface area contributed by atoms with E-state index in [9.17, 15) is 14.3 Å². The van der Waals surface area contributed by atoms with Gasteiger partial charge in [-0.25, -0.2) is 4.39 Å². The summed E-state index contributed by atoms with van der Waals surface area (Å²) in [7, 11) is 0. The first-order valence-corrected chi connectivity index (χ1v) is 4.73. The van der Waals surface area contributed by atoms with Crippen LogP contribution in [-0.4, -0.2) is 16.2 Å². The van der Waals surface area contributed by atoms with E-state index in [2.05, 4.69) is 0 Å². The van der Waals surface area contributed by atoms with Gasteiger partial charge in [-0.3, -0.25) is 4.79 Å². The van der Waals surface area contributed by atoms with Gasteiger partial charge < -0.3 is 10.2 Å². The minimum atomic E-state index is -1.30. The number of aliphatic hydroxyl groups is 1. The van der Waals surface area contributed by atoms with Gasteiger partial charge in [-0.2, -0.15) is 0 Å². The Bertz CT molecular complexity index is 351. The molecule has 1 aromatic carbocycles. The van der Waals surface area contributed by atoms with E-state index >= 15 is 0 Å². The van der Waals surface area contributed by atoms with E-state index in [1.54, 1.807) is 13.0 Å². The fourth-order valence-electron chi connectivity index (χ4n) is 1.46. The molecule has 1 aromatic rings. The fraction of sp³-hybridized carbons (Fsp3) is 0.364. The van der Waals surface area contributed by atoms with Crippen LogP contribution in [0.3, 0.4) is 0 Å². The van der Waals surface area contributed by atoms with Gasteiger partial charge in [-0.15, -0.1) is 0 Å². The van der Waals surface area contributed by atoms with Crippen LogP contribution in [0.2, 0.25) is 0 Å². The van der Waals surface area contributed by atoms with Crippen molar-refractivity contribution in [2.24, 2.45) is 5.92 Å². The van der Waals surface area contributed by atoms with E-state index in [1.807, 2.05) is 0 Å². The van der Waals surface area contributed by atoms with Gasteiger partial charge >= 0.3 is 5.97 Å². The Labute approximate surface area is 87.2 Å². The van der Waals surface area contributed by atoms with Crippen LogP contribution < -0.4 is 0 Å². The van der Waals surface area contributed by atoms with Crippen LogP contribution in [0.15, 0.2) is 24.3 Å². The Morgan fingerprint density at radius 1 is 1.47 bits per heavy atom. The summed E-state index contributed by atoms with van der Waals surface area (Å²) in [6, 6.07) is 5.65. The third kappa shape index (κ3) is 2.53. The number of carboxylic acid groups (broad SMARTS) is 1. The van der Waals surface area contributed by atoms with E-state index in [-0.39, 0.29) is 12.0 Å². The molecule has 0 radical (unpaired) electrons. The highest BCUT2D eigenvalue weighted by molar-refractivity contribution is 5.71. The molecular weight excluding hydrogens is 199 g/mol. The largest absolute Gasteiger partial charge is 0.481 e. The van der Waals surface area contributed by atoms with Crippen LogP contribution in [0.4, 0.5) is 4.39 Å². The van der Waals surface area contributed by atoms with Gasteiger partial charge in [0.2, 0.25) is 0 Å². The van der Waals surface area contributed by atoms with Gasteiger partial charge in [0.25, 0.3) is 0 Å². The molecule has 0 saturated heterocycles. The molecule has 2 unspecified atom stereocenters. The highest BCUT2D eigenvalue weighted by Crippen LogP contribution is 2.26. The standard InChI is InChI=1S/C11H13FO3/c1-2-7(11(14)15)10(13)8-5-3-4-6-9(8)12/h3-7,10,13H,2H2,1H3,(H,14,15). The fourth-order valence-corrected chi connectivity index (χ4v) is 1.46. The summed E-state index contributed by atoms with van der Waals surface area (Å²) < 4.78 is 13.2. The van der Waals surface area contributed by atoms with Gasteiger partial charge in [0.15, 0.2) is 0 Å². The number of benzene rings is 1. The molecule has 3 nitrogen and oxygen atoms in total. The monoisotopic (exact) mass is 212 g/mol. The second kappa shape index (κ2) is 4.89. The Morgan fingerprint density at radius 3 is 2.53 bits per heavy atom. The number of rotatable bonds is 4. The number of aliphatic hydroxyl groups excluding tert-OH is 1. The molecule has 0 bridgehead atoms. The number of hydrogen-bond donors (Lipinski definition) is 2. The smallest absolute Gasteiger partial charge is 0.309 e. The highest BCUT2D eigenvalue weighted by Gasteiger charge is 2.27. The van der Waals surface area contributed by atoms with Crippen LogP contribution in [0.5, 0.6) is 0 Å². The first-order valence-electron chi connectivity index (χ1n) is 4.73. The number of carbonyl (C=O) groups is 1. The molecule has 2 N–H and O–H groups in total. The molecule has 2 atom stereocenters. The summed E-state index contributed by atoms with van der Waals surface area (Å²) in [6.07, 6.45) is -1.04. The molecule has 0 aliphatic carbocycles. The molecule has 1 rings (SSSR count). The van der Waals surface area contributed by atoms with Crippen LogP contribution in [0.25, 0.3) is 0 Å². The molecule has 0 aliphatic heterocycles. The van der Waals surface area contributed by atoms with Gasteiger partial charge in [0.05, 0.1) is 12.0 Å². The summed E-state index contributed by atoms with van der Waals surface area (Å²) in [5.74, 6) is -2.67. The van der Waals surface area contributed by atoms with E-state index in [1.165, 1.54) is 18.2 Å². The van der Waals surface area contributed by atoms with E-state index in [4.69, 9.17) is 5.11 Å². The molecule has 4 heteroatoms. The summed E-state index contributed by atoms with van der Waals surface area (Å²) in [5, 5.41) is 18.5. The van der Waals surface area contributed by atoms with Crippen LogP contribution >= 0.6 is 0 Å². The molecular formula is C11H13FO3. The van der Waals surface area contributed by atoms with Gasteiger partial charge in [-0.05, 0) is 12.5 Å². The summed E-state index contributed by atoms with van der Waals surface area (Å²) in [4.78, 5) is 10.8. The molecule has 0 spiro atoms. The molecule has 0 amide bonds. The zero-order valence-corrected chi connectivity index (χ0v) is 8.35. The van der Waals surface area contributed by atoms with Crippen LogP contribution in [0.1, 0.15) is 25.0 Å². The first kappa shape index (κ1) is 11.7. The molecule has 0 fully saturated rings. The van der Waals surface area contributed by atoms with Gasteiger partial charge in [-0.1, -0.05) is 25.1 Å². The Kier molecular flexibility index (Phi) is 3.80. The summed E-state index contributed by atoms with van der Waals surface area (Å²) in [6.45, 7) is 1.64. The van der Waals surface area contributed by atoms with Crippen molar-refractivity contribution in [1.29, 1.82) is 0 Å². The average molecular weight is 212 g/mol. The number of aliphatic carboxylic acids is 1. The maximum absolute atomic E-state index is 13.2. The Hall–Kier alpha value is -1.42. The highest BCUT2D eigenvalue weighted by atomic mass is 19.1. The second-order valence-electron chi connectivity index (χ2n) is 3.32. The van der Waals surface area contributed by atoms with Crippen LogP contribution in [0, 0.1) is 11.7 Å². The molecule has 0 aromatic heterocycles. The topological polar surface area (TPSA) is 57.5 Å². The minimum Gasteiger partial charge on any atom is -0.481 e. The quantitative estimate of drug-likeness (QED) is 0.802. The first-order chi connectivity index (χ1) is 7.07.